The molecule has 0 aliphatic rings. The number of amides is 1. The Kier molecular flexibility index (Phi) is 6.54. The predicted octanol–water partition coefficient (Wildman–Crippen LogP) is 4.53. The van der Waals surface area contributed by atoms with Gasteiger partial charge in [-0.15, -0.1) is 0 Å². The molecule has 1 heterocycles. The Morgan fingerprint density at radius 3 is 2.37 bits per heavy atom. The molecule has 7 heteroatoms. The summed E-state index contributed by atoms with van der Waals surface area (Å²) in [6.45, 7) is 9.41. The maximum absolute atomic E-state index is 12.5. The van der Waals surface area contributed by atoms with E-state index in [1.54, 1.807) is 24.3 Å². The lowest BCUT2D eigenvalue weighted by molar-refractivity contribution is -0.123. The molecule has 0 spiro atoms. The zero-order chi connectivity index (χ0) is 20.3. The third-order valence-electron chi connectivity index (χ3n) is 4.29. The number of hydrogen-bond donors (Lipinski definition) is 1. The Bertz CT molecular complexity index is 858. The van der Waals surface area contributed by atoms with Gasteiger partial charge in [0.05, 0.1) is 18.4 Å². The lowest BCUT2D eigenvalue weighted by Gasteiger charge is -2.16. The highest BCUT2D eigenvalue weighted by atomic mass is 35.5. The van der Waals surface area contributed by atoms with Crippen molar-refractivity contribution in [2.24, 2.45) is 0 Å². The number of hydrogen-bond acceptors (Lipinski definition) is 4. The van der Waals surface area contributed by atoms with Gasteiger partial charge in [0.1, 0.15) is 5.75 Å². The molecule has 0 radical (unpaired) electrons. The largest absolute Gasteiger partial charge is 0.495 e. The molecule has 146 valence electrons. The van der Waals surface area contributed by atoms with Gasteiger partial charge in [-0.25, -0.2) is 4.79 Å². The number of methoxy groups -OCH3 is 1. The van der Waals surface area contributed by atoms with Crippen LogP contribution in [0, 0.1) is 13.8 Å². The summed E-state index contributed by atoms with van der Waals surface area (Å²) in [6, 6.07) is 6.88. The summed E-state index contributed by atoms with van der Waals surface area (Å²) < 4.78 is 12.6. The van der Waals surface area contributed by atoms with Gasteiger partial charge in [0.15, 0.2) is 6.10 Å². The summed E-state index contributed by atoms with van der Waals surface area (Å²) in [5, 5.41) is 3.13. The fourth-order valence-electron chi connectivity index (χ4n) is 3.07. The van der Waals surface area contributed by atoms with Crippen molar-refractivity contribution in [3.05, 3.63) is 46.2 Å². The van der Waals surface area contributed by atoms with Gasteiger partial charge in [0.25, 0.3) is 5.91 Å². The van der Waals surface area contributed by atoms with Crippen LogP contribution < -0.4 is 10.1 Å². The number of ether oxygens (including phenoxy) is 2. The molecule has 0 bridgehead atoms. The summed E-state index contributed by atoms with van der Waals surface area (Å²) in [5.74, 6) is -0.538. The SMILES string of the molecule is COc1ccc(Cl)cc1NC(=O)C(C)OC(=O)c1cc(C)n(C(C)C)c1C. The van der Waals surface area contributed by atoms with Gasteiger partial charge in [0, 0.05) is 22.5 Å². The molecule has 2 aromatic rings. The van der Waals surface area contributed by atoms with Crippen LogP contribution in [0.25, 0.3) is 0 Å². The smallest absolute Gasteiger partial charge is 0.340 e. The van der Waals surface area contributed by atoms with Crippen molar-refractivity contribution in [2.45, 2.75) is 46.8 Å². The Hall–Kier alpha value is -2.47. The maximum atomic E-state index is 12.5. The Morgan fingerprint density at radius 1 is 1.15 bits per heavy atom. The molecule has 1 N–H and O–H groups in total. The molecule has 0 saturated heterocycles. The molecule has 1 amide bonds. The maximum Gasteiger partial charge on any atom is 0.340 e. The van der Waals surface area contributed by atoms with Gasteiger partial charge >= 0.3 is 5.97 Å². The summed E-state index contributed by atoms with van der Waals surface area (Å²) in [4.78, 5) is 25.0. The van der Waals surface area contributed by atoms with Crippen molar-refractivity contribution in [3.8, 4) is 5.75 Å². The molecular formula is C20H25ClN2O4. The highest BCUT2D eigenvalue weighted by Gasteiger charge is 2.24. The highest BCUT2D eigenvalue weighted by Crippen LogP contribution is 2.28. The summed E-state index contributed by atoms with van der Waals surface area (Å²) in [5.41, 5.74) is 2.66. The normalized spacial score (nSPS) is 12.0. The van der Waals surface area contributed by atoms with Gasteiger partial charge in [-0.1, -0.05) is 11.6 Å². The molecule has 1 unspecified atom stereocenters. The van der Waals surface area contributed by atoms with Crippen LogP contribution in [0.5, 0.6) is 5.75 Å². The zero-order valence-electron chi connectivity index (χ0n) is 16.4. The quantitative estimate of drug-likeness (QED) is 0.733. The molecule has 1 aromatic carbocycles. The van der Waals surface area contributed by atoms with Crippen molar-refractivity contribution in [3.63, 3.8) is 0 Å². The van der Waals surface area contributed by atoms with Crippen molar-refractivity contribution in [1.82, 2.24) is 4.57 Å². The summed E-state index contributed by atoms with van der Waals surface area (Å²) in [6.07, 6.45) is -0.983. The second kappa shape index (κ2) is 8.48. The van der Waals surface area contributed by atoms with E-state index in [-0.39, 0.29) is 6.04 Å². The molecule has 1 aromatic heterocycles. The van der Waals surface area contributed by atoms with E-state index in [2.05, 4.69) is 9.88 Å². The summed E-state index contributed by atoms with van der Waals surface area (Å²) in [7, 11) is 1.49. The van der Waals surface area contributed by atoms with Gasteiger partial charge in [-0.05, 0) is 58.9 Å². The Balaban J connectivity index is 2.12. The predicted molar refractivity (Wildman–Crippen MR) is 106 cm³/mol. The van der Waals surface area contributed by atoms with Crippen molar-refractivity contribution in [2.75, 3.05) is 12.4 Å². The minimum Gasteiger partial charge on any atom is -0.495 e. The van der Waals surface area contributed by atoms with E-state index >= 15 is 0 Å². The van der Waals surface area contributed by atoms with Crippen LogP contribution in [0.1, 0.15) is 48.6 Å². The first-order valence-corrected chi connectivity index (χ1v) is 9.07. The number of benzene rings is 1. The number of anilines is 1. The van der Waals surface area contributed by atoms with Gasteiger partial charge in [-0.2, -0.15) is 0 Å². The summed E-state index contributed by atoms with van der Waals surface area (Å²) >= 11 is 5.97. The fourth-order valence-corrected chi connectivity index (χ4v) is 3.24. The molecule has 1 atom stereocenters. The second-order valence-electron chi connectivity index (χ2n) is 6.63. The first-order chi connectivity index (χ1) is 12.6. The van der Waals surface area contributed by atoms with Crippen LogP contribution in [0.3, 0.4) is 0 Å². The number of aryl methyl sites for hydroxylation is 1. The minimum atomic E-state index is -0.983. The van der Waals surface area contributed by atoms with E-state index in [1.807, 2.05) is 27.7 Å². The number of aromatic nitrogens is 1. The van der Waals surface area contributed by atoms with Gasteiger partial charge < -0.3 is 19.4 Å². The van der Waals surface area contributed by atoms with Crippen molar-refractivity contribution < 1.29 is 19.1 Å². The van der Waals surface area contributed by atoms with E-state index in [0.717, 1.165) is 11.4 Å². The number of nitrogens with one attached hydrogen (secondary N) is 1. The number of halogens is 1. The van der Waals surface area contributed by atoms with E-state index in [1.165, 1.54) is 14.0 Å². The Morgan fingerprint density at radius 2 is 1.81 bits per heavy atom. The van der Waals surface area contributed by atoms with Crippen LogP contribution >= 0.6 is 11.6 Å². The molecule has 2 rings (SSSR count). The van der Waals surface area contributed by atoms with E-state index in [4.69, 9.17) is 21.1 Å². The lowest BCUT2D eigenvalue weighted by atomic mass is 10.2. The van der Waals surface area contributed by atoms with Crippen LogP contribution in [-0.2, 0) is 9.53 Å². The molecule has 0 saturated carbocycles. The van der Waals surface area contributed by atoms with Crippen molar-refractivity contribution >= 4 is 29.2 Å². The number of carbonyl (C=O) groups is 2. The molecule has 0 aliphatic carbocycles. The highest BCUT2D eigenvalue weighted by molar-refractivity contribution is 6.31. The minimum absolute atomic E-state index is 0.225. The number of esters is 1. The van der Waals surface area contributed by atoms with Crippen LogP contribution in [-0.4, -0.2) is 29.7 Å². The zero-order valence-corrected chi connectivity index (χ0v) is 17.2. The second-order valence-corrected chi connectivity index (χ2v) is 7.07. The van der Waals surface area contributed by atoms with Crippen LogP contribution in [0.15, 0.2) is 24.3 Å². The standard InChI is InChI=1S/C20H25ClN2O4/c1-11(2)23-12(3)9-16(13(23)4)20(25)27-14(5)19(24)22-17-10-15(21)7-8-18(17)26-6/h7-11,14H,1-6H3,(H,22,24). The lowest BCUT2D eigenvalue weighted by Crippen LogP contribution is -2.30. The van der Waals surface area contributed by atoms with Gasteiger partial charge in [-0.3, -0.25) is 4.79 Å². The first-order valence-electron chi connectivity index (χ1n) is 8.69. The molecule has 27 heavy (non-hydrogen) atoms. The third kappa shape index (κ3) is 4.63. The molecule has 0 fully saturated rings. The van der Waals surface area contributed by atoms with Gasteiger partial charge in [0.2, 0.25) is 0 Å². The molecular weight excluding hydrogens is 368 g/mol. The van der Waals surface area contributed by atoms with E-state index in [0.29, 0.717) is 22.0 Å². The van der Waals surface area contributed by atoms with E-state index in [9.17, 15) is 9.59 Å². The van der Waals surface area contributed by atoms with Crippen LogP contribution in [0.4, 0.5) is 5.69 Å². The Labute approximate surface area is 164 Å². The number of nitrogens with zero attached hydrogens (tertiary/aromatic N) is 1. The average molecular weight is 393 g/mol. The van der Waals surface area contributed by atoms with E-state index < -0.39 is 18.0 Å². The fraction of sp³-hybridized carbons (Fsp3) is 0.400. The molecule has 0 aliphatic heterocycles. The molecule has 6 nitrogen and oxygen atoms in total. The third-order valence-corrected chi connectivity index (χ3v) is 4.53. The number of rotatable bonds is 6. The van der Waals surface area contributed by atoms with Crippen molar-refractivity contribution in [1.29, 1.82) is 0 Å². The topological polar surface area (TPSA) is 69.6 Å². The monoisotopic (exact) mass is 392 g/mol. The van der Waals surface area contributed by atoms with Crippen LogP contribution in [0.2, 0.25) is 5.02 Å². The number of carbonyl (C=O) groups excluding carboxylic acids is 2. The first kappa shape index (κ1) is 20.8. The average Bonchev–Trinajstić information content (AvgIpc) is 2.89.